The molecule has 3 aromatic rings. The van der Waals surface area contributed by atoms with Gasteiger partial charge in [-0.05, 0) is 48.0 Å². The summed E-state index contributed by atoms with van der Waals surface area (Å²) in [6.45, 7) is -3.53. The number of carbonyl (C=O) groups excluding carboxylic acids is 2. The van der Waals surface area contributed by atoms with E-state index in [1.807, 2.05) is 6.07 Å². The summed E-state index contributed by atoms with van der Waals surface area (Å²) >= 11 is 0. The number of ether oxygens (including phenoxy) is 3. The van der Waals surface area contributed by atoms with Crippen molar-refractivity contribution in [3.8, 4) is 28.4 Å². The third-order valence-corrected chi connectivity index (χ3v) is 4.44. The largest absolute Gasteiger partial charge is 0.497 e. The number of methoxy groups -OCH3 is 1. The van der Waals surface area contributed by atoms with E-state index in [4.69, 9.17) is 9.47 Å². The smallest absolute Gasteiger partial charge is 0.387 e. The predicted molar refractivity (Wildman–Crippen MR) is 119 cm³/mol. The molecule has 2 amide bonds. The van der Waals surface area contributed by atoms with Gasteiger partial charge in [-0.2, -0.15) is 8.78 Å². The average Bonchev–Trinajstić information content (AvgIpc) is 2.83. The van der Waals surface area contributed by atoms with Crippen LogP contribution < -0.4 is 24.8 Å². The Bertz CT molecular complexity index is 1080. The van der Waals surface area contributed by atoms with Gasteiger partial charge in [0.05, 0.1) is 13.7 Å². The first-order valence-corrected chi connectivity index (χ1v) is 9.92. The van der Waals surface area contributed by atoms with Crippen LogP contribution in [0.4, 0.5) is 14.5 Å². The second-order valence-corrected chi connectivity index (χ2v) is 6.74. The minimum Gasteiger partial charge on any atom is -0.497 e. The highest BCUT2D eigenvalue weighted by Gasteiger charge is 2.14. The number of hydrogen-bond donors (Lipinski definition) is 2. The number of benzene rings is 3. The minimum absolute atomic E-state index is 0.0421. The van der Waals surface area contributed by atoms with Crippen LogP contribution in [0.2, 0.25) is 0 Å². The van der Waals surface area contributed by atoms with Crippen molar-refractivity contribution >= 4 is 17.5 Å². The standard InChI is InChI=1S/C24H22F2N2O5/c1-31-18-10-7-16(8-11-18)20-13-17(9-12-21(20)33-24(25)26)28-22(29)14-27-23(30)15-32-19-5-3-2-4-6-19/h2-13,24H,14-15H2,1H3,(H,27,30)(H,28,29). The Hall–Kier alpha value is -4.14. The van der Waals surface area contributed by atoms with Crippen molar-refractivity contribution < 1.29 is 32.6 Å². The van der Waals surface area contributed by atoms with Gasteiger partial charge in [0, 0.05) is 11.3 Å². The molecule has 0 saturated carbocycles. The van der Waals surface area contributed by atoms with Gasteiger partial charge in [0.1, 0.15) is 17.2 Å². The van der Waals surface area contributed by atoms with Gasteiger partial charge in [0.25, 0.3) is 5.91 Å². The molecular weight excluding hydrogens is 434 g/mol. The normalized spacial score (nSPS) is 10.4. The molecule has 0 aliphatic carbocycles. The minimum atomic E-state index is -3.00. The van der Waals surface area contributed by atoms with Gasteiger partial charge in [0.2, 0.25) is 5.91 Å². The van der Waals surface area contributed by atoms with Gasteiger partial charge in [-0.3, -0.25) is 9.59 Å². The third-order valence-electron chi connectivity index (χ3n) is 4.44. The van der Waals surface area contributed by atoms with E-state index in [0.29, 0.717) is 28.3 Å². The Labute approximate surface area is 189 Å². The topological polar surface area (TPSA) is 85.9 Å². The Kier molecular flexibility index (Phi) is 8.18. The summed E-state index contributed by atoms with van der Waals surface area (Å²) in [6.07, 6.45) is 0. The predicted octanol–water partition coefficient (Wildman–Crippen LogP) is 4.10. The Morgan fingerprint density at radius 1 is 0.909 bits per heavy atom. The Morgan fingerprint density at radius 2 is 1.64 bits per heavy atom. The Morgan fingerprint density at radius 3 is 2.30 bits per heavy atom. The second-order valence-electron chi connectivity index (χ2n) is 6.74. The van der Waals surface area contributed by atoms with Crippen molar-refractivity contribution in [2.75, 3.05) is 25.6 Å². The van der Waals surface area contributed by atoms with E-state index in [-0.39, 0.29) is 18.9 Å². The number of anilines is 1. The van der Waals surface area contributed by atoms with Gasteiger partial charge in [0.15, 0.2) is 6.61 Å². The second kappa shape index (κ2) is 11.5. The number of alkyl halides is 2. The molecule has 0 aliphatic heterocycles. The summed E-state index contributed by atoms with van der Waals surface area (Å²) in [7, 11) is 1.52. The van der Waals surface area contributed by atoms with Gasteiger partial charge in [-0.15, -0.1) is 0 Å². The van der Waals surface area contributed by atoms with E-state index in [1.165, 1.54) is 25.3 Å². The number of amides is 2. The molecule has 0 spiro atoms. The first kappa shape index (κ1) is 23.5. The summed E-state index contributed by atoms with van der Waals surface area (Å²) in [5.41, 5.74) is 1.30. The molecule has 0 aromatic heterocycles. The highest BCUT2D eigenvalue weighted by atomic mass is 19.3. The fourth-order valence-electron chi connectivity index (χ4n) is 2.90. The zero-order chi connectivity index (χ0) is 23.6. The highest BCUT2D eigenvalue weighted by Crippen LogP contribution is 2.34. The van der Waals surface area contributed by atoms with Crippen LogP contribution in [0.1, 0.15) is 0 Å². The van der Waals surface area contributed by atoms with E-state index in [0.717, 1.165) is 0 Å². The first-order valence-electron chi connectivity index (χ1n) is 9.92. The van der Waals surface area contributed by atoms with E-state index >= 15 is 0 Å². The monoisotopic (exact) mass is 456 g/mol. The maximum Gasteiger partial charge on any atom is 0.387 e. The molecule has 0 saturated heterocycles. The zero-order valence-corrected chi connectivity index (χ0v) is 17.7. The molecule has 9 heteroatoms. The first-order chi connectivity index (χ1) is 15.9. The fourth-order valence-corrected chi connectivity index (χ4v) is 2.90. The van der Waals surface area contributed by atoms with Gasteiger partial charge in [-0.1, -0.05) is 30.3 Å². The fraction of sp³-hybridized carbons (Fsp3) is 0.167. The van der Waals surface area contributed by atoms with Crippen LogP contribution in [0.15, 0.2) is 72.8 Å². The lowest BCUT2D eigenvalue weighted by atomic mass is 10.0. The maximum absolute atomic E-state index is 12.8. The number of carbonyl (C=O) groups is 2. The highest BCUT2D eigenvalue weighted by molar-refractivity contribution is 5.95. The molecule has 3 rings (SSSR count). The van der Waals surface area contributed by atoms with Crippen molar-refractivity contribution in [3.63, 3.8) is 0 Å². The maximum atomic E-state index is 12.8. The molecule has 7 nitrogen and oxygen atoms in total. The van der Waals surface area contributed by atoms with Crippen molar-refractivity contribution in [3.05, 3.63) is 72.8 Å². The van der Waals surface area contributed by atoms with Crippen LogP contribution in [-0.2, 0) is 9.59 Å². The van der Waals surface area contributed by atoms with E-state index in [9.17, 15) is 18.4 Å². The van der Waals surface area contributed by atoms with Crippen molar-refractivity contribution in [2.24, 2.45) is 0 Å². The van der Waals surface area contributed by atoms with Crippen LogP contribution in [0.25, 0.3) is 11.1 Å². The summed E-state index contributed by atoms with van der Waals surface area (Å²) in [5, 5.41) is 5.08. The van der Waals surface area contributed by atoms with Crippen LogP contribution >= 0.6 is 0 Å². The van der Waals surface area contributed by atoms with Gasteiger partial charge in [-0.25, -0.2) is 0 Å². The summed E-state index contributed by atoms with van der Waals surface area (Å²) in [6, 6.07) is 19.8. The van der Waals surface area contributed by atoms with E-state index < -0.39 is 18.4 Å². The molecule has 3 aromatic carbocycles. The molecule has 0 bridgehead atoms. The molecule has 0 heterocycles. The molecule has 0 radical (unpaired) electrons. The van der Waals surface area contributed by atoms with Crippen molar-refractivity contribution in [1.29, 1.82) is 0 Å². The lowest BCUT2D eigenvalue weighted by molar-refractivity contribution is -0.125. The number of halogens is 2. The lowest BCUT2D eigenvalue weighted by Gasteiger charge is -2.14. The molecule has 2 N–H and O–H groups in total. The van der Waals surface area contributed by atoms with Crippen molar-refractivity contribution in [1.82, 2.24) is 5.32 Å². The van der Waals surface area contributed by atoms with Crippen LogP contribution in [0.3, 0.4) is 0 Å². The number of hydrogen-bond acceptors (Lipinski definition) is 5. The van der Waals surface area contributed by atoms with Crippen LogP contribution in [0, 0.1) is 0 Å². The lowest BCUT2D eigenvalue weighted by Crippen LogP contribution is -2.35. The zero-order valence-electron chi connectivity index (χ0n) is 17.7. The Balaban J connectivity index is 1.62. The molecule has 0 aliphatic rings. The molecule has 0 fully saturated rings. The van der Waals surface area contributed by atoms with Crippen molar-refractivity contribution in [2.45, 2.75) is 6.61 Å². The SMILES string of the molecule is COc1ccc(-c2cc(NC(=O)CNC(=O)COc3ccccc3)ccc2OC(F)F)cc1. The summed E-state index contributed by atoms with van der Waals surface area (Å²) in [4.78, 5) is 24.1. The van der Waals surface area contributed by atoms with Gasteiger partial charge >= 0.3 is 6.61 Å². The molecular formula is C24H22F2N2O5. The van der Waals surface area contributed by atoms with Crippen LogP contribution in [-0.4, -0.2) is 38.7 Å². The molecule has 172 valence electrons. The molecule has 0 unspecified atom stereocenters. The molecule has 33 heavy (non-hydrogen) atoms. The number of para-hydroxylation sites is 1. The van der Waals surface area contributed by atoms with E-state index in [2.05, 4.69) is 15.4 Å². The van der Waals surface area contributed by atoms with Gasteiger partial charge < -0.3 is 24.8 Å². The van der Waals surface area contributed by atoms with E-state index in [1.54, 1.807) is 48.5 Å². The third kappa shape index (κ3) is 7.20. The number of rotatable bonds is 10. The average molecular weight is 456 g/mol. The quantitative estimate of drug-likeness (QED) is 0.480. The van der Waals surface area contributed by atoms with Crippen LogP contribution in [0.5, 0.6) is 17.2 Å². The summed E-state index contributed by atoms with van der Waals surface area (Å²) in [5.74, 6) is 0.139. The molecule has 0 atom stereocenters. The summed E-state index contributed by atoms with van der Waals surface area (Å²) < 4.78 is 40.7. The number of nitrogens with one attached hydrogen (secondary N) is 2.